The van der Waals surface area contributed by atoms with Crippen LogP contribution in [0.2, 0.25) is 0 Å². The molecule has 0 aliphatic rings. The Kier molecular flexibility index (Phi) is 5.38. The van der Waals surface area contributed by atoms with E-state index in [1.165, 1.54) is 0 Å². The molecule has 2 heteroatoms. The van der Waals surface area contributed by atoms with E-state index < -0.39 is 0 Å². The lowest BCUT2D eigenvalue weighted by Crippen LogP contribution is -2.26. The molecule has 0 rings (SSSR count). The summed E-state index contributed by atoms with van der Waals surface area (Å²) in [6, 6.07) is 0.374. The summed E-state index contributed by atoms with van der Waals surface area (Å²) < 4.78 is 0.955. The Labute approximate surface area is 71.0 Å². The lowest BCUT2D eigenvalue weighted by Gasteiger charge is -2.08. The van der Waals surface area contributed by atoms with E-state index in [1.54, 1.807) is 0 Å². The summed E-state index contributed by atoms with van der Waals surface area (Å²) in [5, 5.41) is 3.19. The predicted octanol–water partition coefficient (Wildman–Crippen LogP) is 1.90. The Morgan fingerprint density at radius 3 is 2.90 bits per heavy atom. The third kappa shape index (κ3) is 5.87. The SMILES string of the molecule is C#CCC(C)NCC(=C)Br. The number of terminal acetylenes is 1. The van der Waals surface area contributed by atoms with Crippen LogP contribution >= 0.6 is 15.9 Å². The maximum Gasteiger partial charge on any atom is 0.0268 e. The Balaban J connectivity index is 3.32. The van der Waals surface area contributed by atoms with Crippen LogP contribution in [0.25, 0.3) is 0 Å². The molecule has 1 unspecified atom stereocenters. The van der Waals surface area contributed by atoms with Crippen LogP contribution in [-0.2, 0) is 0 Å². The summed E-state index contributed by atoms with van der Waals surface area (Å²) in [6.45, 7) is 6.52. The van der Waals surface area contributed by atoms with Crippen molar-refractivity contribution in [1.29, 1.82) is 0 Å². The van der Waals surface area contributed by atoms with E-state index in [2.05, 4.69) is 40.7 Å². The topological polar surface area (TPSA) is 12.0 Å². The van der Waals surface area contributed by atoms with Gasteiger partial charge in [-0.25, -0.2) is 0 Å². The number of hydrogen-bond donors (Lipinski definition) is 1. The van der Waals surface area contributed by atoms with E-state index in [0.29, 0.717) is 6.04 Å². The minimum atomic E-state index is 0.374. The highest BCUT2D eigenvalue weighted by Crippen LogP contribution is 1.98. The standard InChI is InChI=1S/C8H12BrN/c1-4-5-8(3)10-6-7(2)9/h1,8,10H,2,5-6H2,3H3. The van der Waals surface area contributed by atoms with Crippen LogP contribution < -0.4 is 5.32 Å². The Morgan fingerprint density at radius 2 is 2.50 bits per heavy atom. The molecule has 0 saturated heterocycles. The van der Waals surface area contributed by atoms with Crippen LogP contribution in [-0.4, -0.2) is 12.6 Å². The van der Waals surface area contributed by atoms with E-state index in [9.17, 15) is 0 Å². The fourth-order valence-corrected chi connectivity index (χ4v) is 0.696. The van der Waals surface area contributed by atoms with E-state index >= 15 is 0 Å². The summed E-state index contributed by atoms with van der Waals surface area (Å²) in [7, 11) is 0. The molecule has 0 bridgehead atoms. The fourth-order valence-electron chi connectivity index (χ4n) is 0.534. The van der Waals surface area contributed by atoms with Crippen LogP contribution in [0, 0.1) is 12.3 Å². The van der Waals surface area contributed by atoms with Gasteiger partial charge >= 0.3 is 0 Å². The van der Waals surface area contributed by atoms with Crippen molar-refractivity contribution >= 4 is 15.9 Å². The first-order valence-electron chi connectivity index (χ1n) is 3.17. The second-order valence-electron chi connectivity index (χ2n) is 2.21. The maximum atomic E-state index is 5.11. The summed E-state index contributed by atoms with van der Waals surface area (Å²) in [5.74, 6) is 2.58. The highest BCUT2D eigenvalue weighted by atomic mass is 79.9. The Hall–Kier alpha value is -0.260. The van der Waals surface area contributed by atoms with Gasteiger partial charge in [-0.2, -0.15) is 0 Å². The van der Waals surface area contributed by atoms with Gasteiger partial charge in [0.05, 0.1) is 0 Å². The lowest BCUT2D eigenvalue weighted by molar-refractivity contribution is 0.596. The normalized spacial score (nSPS) is 12.1. The van der Waals surface area contributed by atoms with Gasteiger partial charge in [0.2, 0.25) is 0 Å². The number of hydrogen-bond acceptors (Lipinski definition) is 1. The van der Waals surface area contributed by atoms with Crippen molar-refractivity contribution in [2.24, 2.45) is 0 Å². The van der Waals surface area contributed by atoms with Gasteiger partial charge in [0, 0.05) is 23.5 Å². The lowest BCUT2D eigenvalue weighted by atomic mass is 10.2. The van der Waals surface area contributed by atoms with E-state index in [1.807, 2.05) is 0 Å². The largest absolute Gasteiger partial charge is 0.309 e. The second kappa shape index (κ2) is 5.52. The maximum absolute atomic E-state index is 5.11. The molecular weight excluding hydrogens is 190 g/mol. The molecule has 0 saturated carbocycles. The van der Waals surface area contributed by atoms with Crippen molar-refractivity contribution in [2.75, 3.05) is 6.54 Å². The first-order valence-corrected chi connectivity index (χ1v) is 3.96. The van der Waals surface area contributed by atoms with Gasteiger partial charge in [-0.1, -0.05) is 22.5 Å². The van der Waals surface area contributed by atoms with Crippen LogP contribution in [0.1, 0.15) is 13.3 Å². The smallest absolute Gasteiger partial charge is 0.0268 e. The molecule has 0 radical (unpaired) electrons. The molecule has 56 valence electrons. The predicted molar refractivity (Wildman–Crippen MR) is 49.0 cm³/mol. The summed E-state index contributed by atoms with van der Waals surface area (Å²) in [4.78, 5) is 0. The van der Waals surface area contributed by atoms with E-state index in [4.69, 9.17) is 6.42 Å². The monoisotopic (exact) mass is 201 g/mol. The molecule has 0 heterocycles. The van der Waals surface area contributed by atoms with Crippen LogP contribution in [0.3, 0.4) is 0 Å². The highest BCUT2D eigenvalue weighted by molar-refractivity contribution is 9.11. The molecular formula is C8H12BrN. The molecule has 1 atom stereocenters. The number of rotatable bonds is 4. The molecule has 1 N–H and O–H groups in total. The average Bonchev–Trinajstić information content (AvgIpc) is 1.85. The molecule has 0 amide bonds. The molecule has 0 spiro atoms. The number of halogens is 1. The molecule has 0 fully saturated rings. The second-order valence-corrected chi connectivity index (χ2v) is 3.33. The molecule has 1 nitrogen and oxygen atoms in total. The van der Waals surface area contributed by atoms with Crippen LogP contribution in [0.15, 0.2) is 11.1 Å². The first kappa shape index (κ1) is 9.74. The van der Waals surface area contributed by atoms with Crippen molar-refractivity contribution < 1.29 is 0 Å². The quantitative estimate of drug-likeness (QED) is 0.686. The van der Waals surface area contributed by atoms with Crippen molar-refractivity contribution in [3.05, 3.63) is 11.1 Å². The molecule has 0 aromatic rings. The van der Waals surface area contributed by atoms with Gasteiger partial charge in [-0.05, 0) is 6.92 Å². The zero-order valence-corrected chi connectivity index (χ0v) is 7.74. The minimum absolute atomic E-state index is 0.374. The van der Waals surface area contributed by atoms with Gasteiger partial charge in [0.1, 0.15) is 0 Å². The Morgan fingerprint density at radius 1 is 1.90 bits per heavy atom. The first-order chi connectivity index (χ1) is 4.66. The van der Waals surface area contributed by atoms with Crippen LogP contribution in [0.5, 0.6) is 0 Å². The van der Waals surface area contributed by atoms with E-state index in [-0.39, 0.29) is 0 Å². The van der Waals surface area contributed by atoms with Crippen molar-refractivity contribution in [1.82, 2.24) is 5.32 Å². The van der Waals surface area contributed by atoms with E-state index in [0.717, 1.165) is 17.4 Å². The molecule has 10 heavy (non-hydrogen) atoms. The third-order valence-corrected chi connectivity index (χ3v) is 1.35. The summed E-state index contributed by atoms with van der Waals surface area (Å²) in [6.07, 6.45) is 5.88. The number of nitrogens with one attached hydrogen (secondary N) is 1. The van der Waals surface area contributed by atoms with Gasteiger partial charge in [-0.15, -0.1) is 12.3 Å². The van der Waals surface area contributed by atoms with Gasteiger partial charge in [-0.3, -0.25) is 0 Å². The molecule has 0 aliphatic carbocycles. The van der Waals surface area contributed by atoms with Gasteiger partial charge in [0.25, 0.3) is 0 Å². The molecule has 0 aromatic carbocycles. The molecule has 0 aromatic heterocycles. The summed E-state index contributed by atoms with van der Waals surface area (Å²) in [5.41, 5.74) is 0. The summed E-state index contributed by atoms with van der Waals surface area (Å²) >= 11 is 3.25. The van der Waals surface area contributed by atoms with Crippen molar-refractivity contribution in [3.8, 4) is 12.3 Å². The Bertz CT molecular complexity index is 146. The third-order valence-electron chi connectivity index (χ3n) is 1.07. The minimum Gasteiger partial charge on any atom is -0.309 e. The van der Waals surface area contributed by atoms with Crippen LogP contribution in [0.4, 0.5) is 0 Å². The van der Waals surface area contributed by atoms with Gasteiger partial charge in [0.15, 0.2) is 0 Å². The fraction of sp³-hybridized carbons (Fsp3) is 0.500. The average molecular weight is 202 g/mol. The zero-order chi connectivity index (χ0) is 7.98. The highest BCUT2D eigenvalue weighted by Gasteiger charge is 1.96. The van der Waals surface area contributed by atoms with Crippen molar-refractivity contribution in [2.45, 2.75) is 19.4 Å². The van der Waals surface area contributed by atoms with Crippen molar-refractivity contribution in [3.63, 3.8) is 0 Å². The molecule has 0 aliphatic heterocycles. The van der Waals surface area contributed by atoms with Gasteiger partial charge < -0.3 is 5.32 Å². The zero-order valence-electron chi connectivity index (χ0n) is 6.15.